The van der Waals surface area contributed by atoms with Crippen LogP contribution < -0.4 is 4.74 Å². The molecule has 78 valence electrons. The summed E-state index contributed by atoms with van der Waals surface area (Å²) in [6.45, 7) is 0. The number of hydrogen-bond donors (Lipinski definition) is 0. The summed E-state index contributed by atoms with van der Waals surface area (Å²) in [4.78, 5) is 4.02. The van der Waals surface area contributed by atoms with E-state index < -0.39 is 6.43 Å². The molecular formula is C8H7BrF2INO. The molecule has 0 spiro atoms. The average Bonchev–Trinajstić information content (AvgIpc) is 2.16. The topological polar surface area (TPSA) is 22.1 Å². The van der Waals surface area contributed by atoms with E-state index in [2.05, 4.69) is 20.9 Å². The lowest BCUT2D eigenvalue weighted by Gasteiger charge is -2.09. The van der Waals surface area contributed by atoms with Crippen molar-refractivity contribution in [2.45, 2.75) is 11.8 Å². The first-order valence-corrected chi connectivity index (χ1v) is 5.87. The van der Waals surface area contributed by atoms with Gasteiger partial charge in [-0.1, -0.05) is 15.9 Å². The Balaban J connectivity index is 3.25. The molecule has 1 rings (SSSR count). The van der Waals surface area contributed by atoms with E-state index in [0.29, 0.717) is 20.5 Å². The molecule has 0 saturated heterocycles. The maximum absolute atomic E-state index is 12.5. The van der Waals surface area contributed by atoms with Crippen LogP contribution in [-0.4, -0.2) is 12.1 Å². The third kappa shape index (κ3) is 2.53. The lowest BCUT2D eigenvalue weighted by atomic mass is 10.2. The van der Waals surface area contributed by atoms with E-state index in [4.69, 9.17) is 4.74 Å². The number of pyridine rings is 1. The molecule has 0 aromatic carbocycles. The zero-order chi connectivity index (χ0) is 10.7. The quantitative estimate of drug-likeness (QED) is 0.456. The highest BCUT2D eigenvalue weighted by atomic mass is 127. The average molecular weight is 378 g/mol. The summed E-state index contributed by atoms with van der Waals surface area (Å²) in [7, 11) is 1.43. The Morgan fingerprint density at radius 3 is 2.71 bits per heavy atom. The number of hydrogen-bond acceptors (Lipinski definition) is 2. The Hall–Kier alpha value is 0.0200. The standard InChI is InChI=1S/C8H7BrF2INO/c1-14-6-2-4(7(10)11)5(3-9)13-8(6)12/h2,7H,3H2,1H3. The highest BCUT2D eigenvalue weighted by Gasteiger charge is 2.17. The monoisotopic (exact) mass is 377 g/mol. The fourth-order valence-corrected chi connectivity index (χ4v) is 2.08. The molecule has 1 aromatic rings. The van der Waals surface area contributed by atoms with Gasteiger partial charge in [0, 0.05) is 10.9 Å². The van der Waals surface area contributed by atoms with E-state index in [1.54, 1.807) is 0 Å². The normalized spacial score (nSPS) is 10.7. The summed E-state index contributed by atoms with van der Waals surface area (Å²) in [5.41, 5.74) is 0.268. The number of aromatic nitrogens is 1. The van der Waals surface area contributed by atoms with Crippen LogP contribution in [0.15, 0.2) is 6.07 Å². The van der Waals surface area contributed by atoms with Crippen LogP contribution in [0.25, 0.3) is 0 Å². The maximum Gasteiger partial charge on any atom is 0.265 e. The Bertz CT molecular complexity index is 335. The highest BCUT2D eigenvalue weighted by Crippen LogP contribution is 2.29. The van der Waals surface area contributed by atoms with Gasteiger partial charge in [-0.2, -0.15) is 0 Å². The fraction of sp³-hybridized carbons (Fsp3) is 0.375. The molecule has 0 fully saturated rings. The Labute approximate surface area is 102 Å². The van der Waals surface area contributed by atoms with Crippen molar-refractivity contribution in [2.24, 2.45) is 0 Å². The van der Waals surface area contributed by atoms with E-state index in [0.717, 1.165) is 0 Å². The second-order valence-electron chi connectivity index (χ2n) is 2.45. The number of methoxy groups -OCH3 is 1. The van der Waals surface area contributed by atoms with Crippen molar-refractivity contribution >= 4 is 38.5 Å². The molecule has 0 radical (unpaired) electrons. The molecule has 2 nitrogen and oxygen atoms in total. The number of ether oxygens (including phenoxy) is 1. The fourth-order valence-electron chi connectivity index (χ4n) is 0.961. The van der Waals surface area contributed by atoms with Gasteiger partial charge < -0.3 is 4.74 Å². The minimum absolute atomic E-state index is 0.0841. The summed E-state index contributed by atoms with van der Waals surface area (Å²) < 4.78 is 30.6. The van der Waals surface area contributed by atoms with E-state index >= 15 is 0 Å². The number of rotatable bonds is 3. The Kier molecular flexibility index (Phi) is 4.49. The molecule has 14 heavy (non-hydrogen) atoms. The van der Waals surface area contributed by atoms with Gasteiger partial charge in [-0.25, -0.2) is 13.8 Å². The van der Waals surface area contributed by atoms with Crippen LogP contribution in [0, 0.1) is 3.70 Å². The minimum atomic E-state index is -2.53. The molecule has 0 atom stereocenters. The number of halogens is 4. The van der Waals surface area contributed by atoms with Gasteiger partial charge in [-0.3, -0.25) is 0 Å². The van der Waals surface area contributed by atoms with Gasteiger partial charge in [0.05, 0.1) is 12.8 Å². The molecule has 0 amide bonds. The number of nitrogens with zero attached hydrogens (tertiary/aromatic N) is 1. The molecular weight excluding hydrogens is 371 g/mol. The van der Waals surface area contributed by atoms with Gasteiger partial charge in [-0.15, -0.1) is 0 Å². The van der Waals surface area contributed by atoms with Crippen molar-refractivity contribution in [2.75, 3.05) is 7.11 Å². The first-order valence-electron chi connectivity index (χ1n) is 3.67. The van der Waals surface area contributed by atoms with E-state index in [-0.39, 0.29) is 5.56 Å². The van der Waals surface area contributed by atoms with Crippen molar-refractivity contribution in [3.05, 3.63) is 21.0 Å². The lowest BCUT2D eigenvalue weighted by molar-refractivity contribution is 0.149. The van der Waals surface area contributed by atoms with Gasteiger partial charge in [0.25, 0.3) is 6.43 Å². The third-order valence-electron chi connectivity index (χ3n) is 1.64. The van der Waals surface area contributed by atoms with Crippen LogP contribution in [0.3, 0.4) is 0 Å². The van der Waals surface area contributed by atoms with E-state index in [9.17, 15) is 8.78 Å². The highest BCUT2D eigenvalue weighted by molar-refractivity contribution is 14.1. The van der Waals surface area contributed by atoms with Crippen molar-refractivity contribution in [1.82, 2.24) is 4.98 Å². The first-order chi connectivity index (χ1) is 6.60. The third-order valence-corrected chi connectivity index (χ3v) is 2.94. The Morgan fingerprint density at radius 2 is 2.29 bits per heavy atom. The largest absolute Gasteiger partial charge is 0.494 e. The molecule has 0 aliphatic carbocycles. The Morgan fingerprint density at radius 1 is 1.64 bits per heavy atom. The molecule has 1 heterocycles. The summed E-state index contributed by atoms with van der Waals surface area (Å²) in [5, 5.41) is 0.312. The van der Waals surface area contributed by atoms with Crippen molar-refractivity contribution in [3.8, 4) is 5.75 Å². The van der Waals surface area contributed by atoms with E-state index in [1.165, 1.54) is 13.2 Å². The number of alkyl halides is 3. The minimum Gasteiger partial charge on any atom is -0.494 e. The molecule has 6 heteroatoms. The summed E-state index contributed by atoms with van der Waals surface area (Å²) >= 11 is 5.06. The molecule has 0 aliphatic rings. The van der Waals surface area contributed by atoms with Crippen LogP contribution in [0.5, 0.6) is 5.75 Å². The predicted molar refractivity (Wildman–Crippen MR) is 61.1 cm³/mol. The van der Waals surface area contributed by atoms with Crippen LogP contribution >= 0.6 is 38.5 Å². The van der Waals surface area contributed by atoms with Gasteiger partial charge in [0.1, 0.15) is 3.70 Å². The van der Waals surface area contributed by atoms with E-state index in [1.807, 2.05) is 22.6 Å². The van der Waals surface area contributed by atoms with Crippen molar-refractivity contribution in [3.63, 3.8) is 0 Å². The molecule has 0 N–H and O–H groups in total. The molecule has 0 aliphatic heterocycles. The first kappa shape index (κ1) is 12.1. The van der Waals surface area contributed by atoms with Gasteiger partial charge >= 0.3 is 0 Å². The summed E-state index contributed by atoms with van der Waals surface area (Å²) in [5.74, 6) is 0.380. The molecule has 0 bridgehead atoms. The smallest absolute Gasteiger partial charge is 0.265 e. The van der Waals surface area contributed by atoms with Crippen LogP contribution in [0.1, 0.15) is 17.7 Å². The second kappa shape index (κ2) is 5.20. The maximum atomic E-state index is 12.5. The van der Waals surface area contributed by atoms with Crippen LogP contribution in [0.4, 0.5) is 8.78 Å². The summed E-state index contributed by atoms with van der Waals surface area (Å²) in [6, 6.07) is 1.33. The molecule has 0 unspecified atom stereocenters. The van der Waals surface area contributed by atoms with Crippen molar-refractivity contribution in [1.29, 1.82) is 0 Å². The van der Waals surface area contributed by atoms with Gasteiger partial charge in [0.2, 0.25) is 0 Å². The SMILES string of the molecule is COc1cc(C(F)F)c(CBr)nc1I. The van der Waals surface area contributed by atoms with Gasteiger partial charge in [0.15, 0.2) is 5.75 Å². The summed E-state index contributed by atoms with van der Waals surface area (Å²) in [6.07, 6.45) is -2.53. The zero-order valence-electron chi connectivity index (χ0n) is 7.23. The molecule has 0 saturated carbocycles. The van der Waals surface area contributed by atoms with Gasteiger partial charge in [-0.05, 0) is 28.7 Å². The van der Waals surface area contributed by atoms with Crippen LogP contribution in [-0.2, 0) is 5.33 Å². The van der Waals surface area contributed by atoms with Crippen molar-refractivity contribution < 1.29 is 13.5 Å². The lowest BCUT2D eigenvalue weighted by Crippen LogP contribution is -2.00. The predicted octanol–water partition coefficient (Wildman–Crippen LogP) is 3.53. The second-order valence-corrected chi connectivity index (χ2v) is 4.03. The van der Waals surface area contributed by atoms with Crippen LogP contribution in [0.2, 0.25) is 0 Å². The molecule has 1 aromatic heterocycles. The zero-order valence-corrected chi connectivity index (χ0v) is 11.0.